The molecule has 140 valence electrons. The lowest BCUT2D eigenvalue weighted by Gasteiger charge is -2.34. The van der Waals surface area contributed by atoms with E-state index in [0.717, 1.165) is 18.5 Å². The average Bonchev–Trinajstić information content (AvgIpc) is 3.08. The lowest BCUT2D eigenvalue weighted by atomic mass is 10.0. The Morgan fingerprint density at radius 2 is 1.92 bits per heavy atom. The average molecular weight is 376 g/mol. The van der Waals surface area contributed by atoms with E-state index in [9.17, 15) is 13.2 Å². The number of aryl methyl sites for hydroxylation is 1. The number of anilines is 1. The number of sulfone groups is 1. The van der Waals surface area contributed by atoms with Crippen molar-refractivity contribution in [1.82, 2.24) is 5.32 Å². The van der Waals surface area contributed by atoms with Crippen molar-refractivity contribution in [3.8, 4) is 0 Å². The Morgan fingerprint density at radius 3 is 2.54 bits per heavy atom. The third-order valence-electron chi connectivity index (χ3n) is 4.85. The van der Waals surface area contributed by atoms with E-state index in [1.165, 1.54) is 6.26 Å². The topological polar surface area (TPSA) is 79.6 Å². The van der Waals surface area contributed by atoms with E-state index in [4.69, 9.17) is 4.42 Å². The second-order valence-corrected chi connectivity index (χ2v) is 8.74. The van der Waals surface area contributed by atoms with Crippen LogP contribution in [0.15, 0.2) is 45.9 Å². The Labute approximate surface area is 154 Å². The van der Waals surface area contributed by atoms with Crippen molar-refractivity contribution in [2.24, 2.45) is 0 Å². The van der Waals surface area contributed by atoms with E-state index in [1.54, 1.807) is 32.0 Å². The summed E-state index contributed by atoms with van der Waals surface area (Å²) in [5, 5.41) is 3.05. The fourth-order valence-electron chi connectivity index (χ4n) is 3.29. The largest absolute Gasteiger partial charge is 0.469 e. The van der Waals surface area contributed by atoms with E-state index in [2.05, 4.69) is 10.2 Å². The Hall–Kier alpha value is -2.28. The zero-order valence-electron chi connectivity index (χ0n) is 15.1. The van der Waals surface area contributed by atoms with Gasteiger partial charge in [-0.1, -0.05) is 19.1 Å². The minimum absolute atomic E-state index is 0.0722. The highest BCUT2D eigenvalue weighted by Crippen LogP contribution is 2.28. The number of para-hydroxylation sites is 1. The van der Waals surface area contributed by atoms with Crippen LogP contribution in [-0.4, -0.2) is 39.2 Å². The first-order chi connectivity index (χ1) is 12.4. The van der Waals surface area contributed by atoms with Crippen molar-refractivity contribution < 1.29 is 17.6 Å². The monoisotopic (exact) mass is 376 g/mol. The molecule has 1 aromatic heterocycles. The van der Waals surface area contributed by atoms with Crippen LogP contribution in [0.1, 0.15) is 35.9 Å². The summed E-state index contributed by atoms with van der Waals surface area (Å²) >= 11 is 0. The van der Waals surface area contributed by atoms with Crippen LogP contribution in [0.2, 0.25) is 0 Å². The van der Waals surface area contributed by atoms with Crippen LogP contribution < -0.4 is 10.2 Å². The van der Waals surface area contributed by atoms with Gasteiger partial charge in [-0.2, -0.15) is 0 Å². The Kier molecular flexibility index (Phi) is 5.36. The minimum atomic E-state index is -3.27. The fraction of sp³-hybridized carbons (Fsp3) is 0.421. The van der Waals surface area contributed by atoms with Crippen molar-refractivity contribution in [3.63, 3.8) is 0 Å². The fourth-order valence-corrected chi connectivity index (χ4v) is 4.40. The lowest BCUT2D eigenvalue weighted by Crippen LogP contribution is -2.45. The van der Waals surface area contributed by atoms with Crippen LogP contribution in [0.5, 0.6) is 0 Å². The van der Waals surface area contributed by atoms with E-state index < -0.39 is 9.84 Å². The van der Waals surface area contributed by atoms with Crippen LogP contribution in [0.25, 0.3) is 0 Å². The summed E-state index contributed by atoms with van der Waals surface area (Å²) < 4.78 is 29.9. The zero-order valence-corrected chi connectivity index (χ0v) is 15.9. The molecule has 1 N–H and O–H groups in total. The molecule has 1 aromatic carbocycles. The highest BCUT2D eigenvalue weighted by molar-refractivity contribution is 7.91. The number of carbonyl (C=O) groups is 1. The molecular formula is C19H24N2O4S. The second-order valence-electron chi connectivity index (χ2n) is 6.50. The van der Waals surface area contributed by atoms with Gasteiger partial charge in [0.05, 0.1) is 28.2 Å². The van der Waals surface area contributed by atoms with Crippen LogP contribution in [0.4, 0.5) is 5.69 Å². The molecule has 3 rings (SSSR count). The molecule has 0 aliphatic carbocycles. The van der Waals surface area contributed by atoms with Gasteiger partial charge in [0.1, 0.15) is 5.76 Å². The molecule has 1 aliphatic heterocycles. The first-order valence-electron chi connectivity index (χ1n) is 8.84. The van der Waals surface area contributed by atoms with Crippen LogP contribution in [0, 0.1) is 6.92 Å². The van der Waals surface area contributed by atoms with Crippen LogP contribution in [0.3, 0.4) is 0 Å². The molecule has 26 heavy (non-hydrogen) atoms. The van der Waals surface area contributed by atoms with E-state index in [1.807, 2.05) is 12.1 Å². The standard InChI is InChI=1S/C19H24N2O4S/c1-3-26(23,24)18-7-5-4-6-17(18)21-11-8-15(9-12-21)20-19(22)16-10-13-25-14(16)2/h4-7,10,13,15H,3,8-9,11-12H2,1-2H3,(H,20,22). The van der Waals surface area contributed by atoms with Gasteiger partial charge in [0.15, 0.2) is 9.84 Å². The number of amides is 1. The van der Waals surface area contributed by atoms with Crippen molar-refractivity contribution in [1.29, 1.82) is 0 Å². The maximum atomic E-state index is 12.3. The first-order valence-corrected chi connectivity index (χ1v) is 10.5. The van der Waals surface area contributed by atoms with E-state index in [-0.39, 0.29) is 17.7 Å². The molecule has 7 heteroatoms. The number of hydrogen-bond donors (Lipinski definition) is 1. The van der Waals surface area contributed by atoms with E-state index in [0.29, 0.717) is 29.3 Å². The van der Waals surface area contributed by atoms with Crippen molar-refractivity contribution in [2.45, 2.75) is 37.6 Å². The molecular weight excluding hydrogens is 352 g/mol. The van der Waals surface area contributed by atoms with Gasteiger partial charge in [-0.05, 0) is 38.0 Å². The van der Waals surface area contributed by atoms with E-state index >= 15 is 0 Å². The highest BCUT2D eigenvalue weighted by Gasteiger charge is 2.26. The van der Waals surface area contributed by atoms with Gasteiger partial charge < -0.3 is 14.6 Å². The summed E-state index contributed by atoms with van der Waals surface area (Å²) in [6.45, 7) is 4.82. The van der Waals surface area contributed by atoms with Gasteiger partial charge in [0.25, 0.3) is 5.91 Å². The molecule has 2 aromatic rings. The van der Waals surface area contributed by atoms with Gasteiger partial charge in [-0.25, -0.2) is 8.42 Å². The Bertz CT molecular complexity index is 880. The molecule has 1 aliphatic rings. The molecule has 1 amide bonds. The van der Waals surface area contributed by atoms with Gasteiger partial charge >= 0.3 is 0 Å². The van der Waals surface area contributed by atoms with Crippen molar-refractivity contribution in [3.05, 3.63) is 47.9 Å². The summed E-state index contributed by atoms with van der Waals surface area (Å²) in [6, 6.07) is 8.89. The number of nitrogens with one attached hydrogen (secondary N) is 1. The van der Waals surface area contributed by atoms with Crippen LogP contribution in [-0.2, 0) is 9.84 Å². The maximum absolute atomic E-state index is 12.3. The molecule has 0 radical (unpaired) electrons. The quantitative estimate of drug-likeness (QED) is 0.868. The minimum Gasteiger partial charge on any atom is -0.469 e. The second kappa shape index (κ2) is 7.53. The summed E-state index contributed by atoms with van der Waals surface area (Å²) in [6.07, 6.45) is 3.05. The van der Waals surface area contributed by atoms with Crippen LogP contribution >= 0.6 is 0 Å². The predicted octanol–water partition coefficient (Wildman–Crippen LogP) is 2.78. The number of piperidine rings is 1. The smallest absolute Gasteiger partial charge is 0.255 e. The molecule has 0 atom stereocenters. The van der Waals surface area contributed by atoms with Gasteiger partial charge in [-0.3, -0.25) is 4.79 Å². The van der Waals surface area contributed by atoms with Gasteiger partial charge in [-0.15, -0.1) is 0 Å². The van der Waals surface area contributed by atoms with Crippen molar-refractivity contribution >= 4 is 21.4 Å². The zero-order chi connectivity index (χ0) is 18.7. The van der Waals surface area contributed by atoms with Gasteiger partial charge in [0.2, 0.25) is 0 Å². The molecule has 1 fully saturated rings. The maximum Gasteiger partial charge on any atom is 0.255 e. The Morgan fingerprint density at radius 1 is 1.23 bits per heavy atom. The number of carbonyl (C=O) groups excluding carboxylic acids is 1. The number of rotatable bonds is 5. The third kappa shape index (κ3) is 3.77. The lowest BCUT2D eigenvalue weighted by molar-refractivity contribution is 0.0929. The molecule has 0 bridgehead atoms. The van der Waals surface area contributed by atoms with Crippen molar-refractivity contribution in [2.75, 3.05) is 23.7 Å². The molecule has 0 spiro atoms. The normalized spacial score (nSPS) is 15.8. The van der Waals surface area contributed by atoms with Gasteiger partial charge in [0, 0.05) is 19.1 Å². The number of hydrogen-bond acceptors (Lipinski definition) is 5. The molecule has 1 saturated heterocycles. The third-order valence-corrected chi connectivity index (χ3v) is 6.63. The highest BCUT2D eigenvalue weighted by atomic mass is 32.2. The first kappa shape index (κ1) is 18.5. The number of furan rings is 1. The number of nitrogens with zero attached hydrogens (tertiary/aromatic N) is 1. The molecule has 0 saturated carbocycles. The SMILES string of the molecule is CCS(=O)(=O)c1ccccc1N1CCC(NC(=O)c2ccoc2C)CC1. The molecule has 2 heterocycles. The summed E-state index contributed by atoms with van der Waals surface area (Å²) in [5.74, 6) is 0.572. The summed E-state index contributed by atoms with van der Waals surface area (Å²) in [7, 11) is -3.27. The predicted molar refractivity (Wildman–Crippen MR) is 100 cm³/mol. The Balaban J connectivity index is 1.66. The molecule has 6 nitrogen and oxygen atoms in total. The molecule has 0 unspecified atom stereocenters. The summed E-state index contributed by atoms with van der Waals surface area (Å²) in [5.41, 5.74) is 1.32. The summed E-state index contributed by atoms with van der Waals surface area (Å²) in [4.78, 5) is 14.8. The number of benzene rings is 1.